The highest BCUT2D eigenvalue weighted by molar-refractivity contribution is 7.19. The van der Waals surface area contributed by atoms with Crippen LogP contribution in [0.3, 0.4) is 0 Å². The van der Waals surface area contributed by atoms with Gasteiger partial charge in [-0.3, -0.25) is 0 Å². The van der Waals surface area contributed by atoms with E-state index >= 15 is 0 Å². The lowest BCUT2D eigenvalue weighted by molar-refractivity contribution is -0.101. The second kappa shape index (κ2) is 5.15. The zero-order chi connectivity index (χ0) is 16.5. The summed E-state index contributed by atoms with van der Waals surface area (Å²) in [7, 11) is 2.23. The fourth-order valence-corrected chi connectivity index (χ4v) is 6.78. The van der Waals surface area contributed by atoms with Crippen molar-refractivity contribution >= 4 is 27.4 Å². The van der Waals surface area contributed by atoms with Crippen LogP contribution in [0.2, 0.25) is 0 Å². The summed E-state index contributed by atoms with van der Waals surface area (Å²) >= 11 is 1.89. The molecule has 4 nitrogen and oxygen atoms in total. The van der Waals surface area contributed by atoms with Crippen LogP contribution in [0.15, 0.2) is 6.33 Å². The monoisotopic (exact) mass is 343 g/mol. The Morgan fingerprint density at radius 2 is 2.08 bits per heavy atom. The molecule has 3 atom stereocenters. The standard InChI is InChI=1S/C19H25N3OS/c1-19(2)15(12-8-9-23-16(12)19)22(3)17-14-11-6-4-5-7-13(11)24-18(14)21-10-20-17/h10,12,15-16H,4-9H2,1-3H3. The van der Waals surface area contributed by atoms with E-state index in [9.17, 15) is 0 Å². The van der Waals surface area contributed by atoms with E-state index in [1.165, 1.54) is 47.9 Å². The molecule has 0 spiro atoms. The number of nitrogens with zero attached hydrogens (tertiary/aromatic N) is 3. The molecule has 0 radical (unpaired) electrons. The Morgan fingerprint density at radius 1 is 1.25 bits per heavy atom. The van der Waals surface area contributed by atoms with Crippen LogP contribution < -0.4 is 4.90 Å². The molecule has 3 aliphatic rings. The predicted molar refractivity (Wildman–Crippen MR) is 97.9 cm³/mol. The van der Waals surface area contributed by atoms with Gasteiger partial charge in [-0.15, -0.1) is 11.3 Å². The summed E-state index contributed by atoms with van der Waals surface area (Å²) in [6.45, 7) is 5.61. The minimum Gasteiger partial charge on any atom is -0.377 e. The number of ether oxygens (including phenoxy) is 1. The molecule has 3 heterocycles. The Balaban J connectivity index is 1.60. The fourth-order valence-electron chi connectivity index (χ4n) is 5.56. The SMILES string of the molecule is CN(c1ncnc2sc3c(c12)CCCC3)C1C2CCOC2C1(C)C. The molecular formula is C19H25N3OS. The molecule has 0 bridgehead atoms. The van der Waals surface area contributed by atoms with Crippen LogP contribution in [-0.2, 0) is 17.6 Å². The predicted octanol–water partition coefficient (Wildman–Crippen LogP) is 3.82. The first-order valence-corrected chi connectivity index (χ1v) is 10.0. The highest BCUT2D eigenvalue weighted by atomic mass is 32.1. The maximum atomic E-state index is 5.99. The molecule has 2 aromatic heterocycles. The summed E-state index contributed by atoms with van der Waals surface area (Å²) in [5.74, 6) is 1.78. The van der Waals surface area contributed by atoms with E-state index in [4.69, 9.17) is 9.72 Å². The maximum Gasteiger partial charge on any atom is 0.141 e. The highest BCUT2D eigenvalue weighted by Crippen LogP contribution is 2.55. The number of aryl methyl sites for hydroxylation is 2. The van der Waals surface area contributed by atoms with Gasteiger partial charge in [-0.25, -0.2) is 9.97 Å². The van der Waals surface area contributed by atoms with Gasteiger partial charge in [0.2, 0.25) is 0 Å². The number of rotatable bonds is 2. The number of fused-ring (bicyclic) bond motifs is 4. The fraction of sp³-hybridized carbons (Fsp3) is 0.684. The van der Waals surface area contributed by atoms with Gasteiger partial charge in [-0.05, 0) is 37.7 Å². The Labute approximate surface area is 147 Å². The van der Waals surface area contributed by atoms with Crippen molar-refractivity contribution in [2.24, 2.45) is 11.3 Å². The summed E-state index contributed by atoms with van der Waals surface area (Å²) in [4.78, 5) is 14.5. The lowest BCUT2D eigenvalue weighted by Gasteiger charge is -2.58. The molecule has 2 aliphatic carbocycles. The smallest absolute Gasteiger partial charge is 0.141 e. The first-order valence-electron chi connectivity index (χ1n) is 9.18. The van der Waals surface area contributed by atoms with Gasteiger partial charge in [0.05, 0.1) is 11.5 Å². The number of thiophene rings is 1. The molecule has 0 amide bonds. The second-order valence-corrected chi connectivity index (χ2v) is 9.29. The maximum absolute atomic E-state index is 5.99. The molecule has 1 aliphatic heterocycles. The van der Waals surface area contributed by atoms with Gasteiger partial charge in [0.1, 0.15) is 17.0 Å². The molecule has 2 fully saturated rings. The van der Waals surface area contributed by atoms with Crippen molar-refractivity contribution in [3.8, 4) is 0 Å². The summed E-state index contributed by atoms with van der Waals surface area (Å²) in [6.07, 6.45) is 8.36. The summed E-state index contributed by atoms with van der Waals surface area (Å²) in [5.41, 5.74) is 1.71. The Hall–Kier alpha value is -1.20. The van der Waals surface area contributed by atoms with E-state index in [-0.39, 0.29) is 5.41 Å². The number of hydrogen-bond acceptors (Lipinski definition) is 5. The van der Waals surface area contributed by atoms with E-state index in [1.54, 1.807) is 11.2 Å². The topological polar surface area (TPSA) is 38.2 Å². The molecule has 128 valence electrons. The van der Waals surface area contributed by atoms with Crippen molar-refractivity contribution in [2.45, 2.75) is 58.1 Å². The molecule has 1 saturated carbocycles. The molecule has 5 rings (SSSR count). The first kappa shape index (κ1) is 15.1. The van der Waals surface area contributed by atoms with E-state index in [0.717, 1.165) is 12.4 Å². The molecule has 5 heteroatoms. The van der Waals surface area contributed by atoms with Crippen LogP contribution in [0, 0.1) is 11.3 Å². The van der Waals surface area contributed by atoms with Crippen molar-refractivity contribution in [3.63, 3.8) is 0 Å². The lowest BCUT2D eigenvalue weighted by atomic mass is 9.57. The molecule has 1 saturated heterocycles. The highest BCUT2D eigenvalue weighted by Gasteiger charge is 2.61. The van der Waals surface area contributed by atoms with Gasteiger partial charge in [0.25, 0.3) is 0 Å². The van der Waals surface area contributed by atoms with Crippen LogP contribution >= 0.6 is 11.3 Å². The summed E-state index contributed by atoms with van der Waals surface area (Å²) in [5, 5.41) is 1.33. The molecule has 3 unspecified atom stereocenters. The number of anilines is 1. The minimum absolute atomic E-state index is 0.184. The third-order valence-corrected chi connectivity index (χ3v) is 7.72. The Kier molecular flexibility index (Phi) is 3.24. The molecule has 24 heavy (non-hydrogen) atoms. The van der Waals surface area contributed by atoms with Crippen molar-refractivity contribution in [2.75, 3.05) is 18.6 Å². The van der Waals surface area contributed by atoms with Crippen molar-refractivity contribution in [1.82, 2.24) is 9.97 Å². The van der Waals surface area contributed by atoms with Crippen LogP contribution in [0.25, 0.3) is 10.2 Å². The molecule has 2 aromatic rings. The van der Waals surface area contributed by atoms with Gasteiger partial charge >= 0.3 is 0 Å². The zero-order valence-corrected chi connectivity index (χ0v) is 15.5. The largest absolute Gasteiger partial charge is 0.377 e. The summed E-state index contributed by atoms with van der Waals surface area (Å²) < 4.78 is 5.99. The van der Waals surface area contributed by atoms with E-state index in [2.05, 4.69) is 30.8 Å². The van der Waals surface area contributed by atoms with Gasteiger partial charge in [-0.2, -0.15) is 0 Å². The quantitative estimate of drug-likeness (QED) is 0.831. The van der Waals surface area contributed by atoms with Gasteiger partial charge in [0, 0.05) is 35.9 Å². The average Bonchev–Trinajstić information content (AvgIpc) is 3.17. The third-order valence-electron chi connectivity index (χ3n) is 6.52. The molecular weight excluding hydrogens is 318 g/mol. The van der Waals surface area contributed by atoms with Crippen molar-refractivity contribution in [1.29, 1.82) is 0 Å². The van der Waals surface area contributed by atoms with Crippen molar-refractivity contribution < 1.29 is 4.74 Å². The van der Waals surface area contributed by atoms with Crippen LogP contribution in [0.4, 0.5) is 5.82 Å². The Morgan fingerprint density at radius 3 is 2.96 bits per heavy atom. The Bertz CT molecular complexity index is 799. The third kappa shape index (κ3) is 1.88. The number of aromatic nitrogens is 2. The summed E-state index contributed by atoms with van der Waals surface area (Å²) in [6, 6.07) is 0.502. The van der Waals surface area contributed by atoms with Crippen LogP contribution in [0.5, 0.6) is 0 Å². The number of hydrogen-bond donors (Lipinski definition) is 0. The van der Waals surface area contributed by atoms with E-state index in [1.807, 2.05) is 11.3 Å². The first-order chi connectivity index (χ1) is 11.6. The van der Waals surface area contributed by atoms with E-state index in [0.29, 0.717) is 18.1 Å². The average molecular weight is 343 g/mol. The second-order valence-electron chi connectivity index (χ2n) is 8.21. The normalized spacial score (nSPS) is 30.7. The lowest BCUT2D eigenvalue weighted by Crippen LogP contribution is -2.66. The molecule has 0 N–H and O–H groups in total. The van der Waals surface area contributed by atoms with Gasteiger partial charge < -0.3 is 9.64 Å². The zero-order valence-electron chi connectivity index (χ0n) is 14.7. The van der Waals surface area contributed by atoms with Crippen LogP contribution in [0.1, 0.15) is 43.6 Å². The minimum atomic E-state index is 0.184. The van der Waals surface area contributed by atoms with Gasteiger partial charge in [-0.1, -0.05) is 13.8 Å². The molecule has 0 aromatic carbocycles. The van der Waals surface area contributed by atoms with Crippen molar-refractivity contribution in [3.05, 3.63) is 16.8 Å². The van der Waals surface area contributed by atoms with E-state index < -0.39 is 0 Å². The van der Waals surface area contributed by atoms with Gasteiger partial charge in [0.15, 0.2) is 0 Å². The van der Waals surface area contributed by atoms with Crippen LogP contribution in [-0.4, -0.2) is 35.8 Å².